The van der Waals surface area contributed by atoms with Crippen LogP contribution in [-0.2, 0) is 19.1 Å². The number of hydrogen-bond acceptors (Lipinski definition) is 7. The summed E-state index contributed by atoms with van der Waals surface area (Å²) in [5.74, 6) is -2.11. The molecular weight excluding hydrogens is 628 g/mol. The fraction of sp³-hybridized carbons (Fsp3) is 0.512. The second kappa shape index (κ2) is 21.2. The minimum absolute atomic E-state index is 0.0871. The lowest BCUT2D eigenvalue weighted by Crippen LogP contribution is -2.37. The fourth-order valence-corrected chi connectivity index (χ4v) is 6.57. The molecule has 0 aromatic heterocycles. The highest BCUT2D eigenvalue weighted by molar-refractivity contribution is 5.90. The van der Waals surface area contributed by atoms with Crippen LogP contribution in [0.4, 0.5) is 0 Å². The van der Waals surface area contributed by atoms with Crippen LogP contribution in [0.3, 0.4) is 0 Å². The first-order valence-electron chi connectivity index (χ1n) is 18.9. The minimum Gasteiger partial charge on any atom is -0.494 e. The maximum Gasteiger partial charge on any atom is 0.338 e. The Kier molecular flexibility index (Phi) is 16.4. The van der Waals surface area contributed by atoms with Gasteiger partial charge in [0.1, 0.15) is 17.6 Å². The quantitative estimate of drug-likeness (QED) is 0.0627. The topological polar surface area (TPSA) is 88.1 Å². The summed E-state index contributed by atoms with van der Waals surface area (Å²) in [5.41, 5.74) is 1.67. The molecule has 1 aliphatic carbocycles. The molecule has 0 spiro atoms. The summed E-state index contributed by atoms with van der Waals surface area (Å²) < 4.78 is 23.8. The van der Waals surface area contributed by atoms with E-state index in [9.17, 15) is 14.4 Å². The highest BCUT2D eigenvalue weighted by Crippen LogP contribution is 2.45. The molecule has 7 heteroatoms. The normalized spacial score (nSPS) is 17.3. The number of unbranched alkanes of at least 4 members (excludes halogenated alkanes) is 10. The Balaban J connectivity index is 1.44. The van der Waals surface area contributed by atoms with Crippen LogP contribution in [0.2, 0.25) is 0 Å². The molecule has 3 aromatic carbocycles. The van der Waals surface area contributed by atoms with E-state index in [1.807, 2.05) is 37.3 Å². The predicted molar refractivity (Wildman–Crippen MR) is 196 cm³/mol. The standard InChI is InChI=1S/C43H56O7/c1-4-6-8-10-11-12-13-20-30-47-34-26-28-35(29-27-34)49-43(46)39-31-38(42(45)48-32(3)21-15-9-7-5-2)36-24-18-19-25-37(36)40(39)50-41(44)33-22-16-14-17-23-33/h14,16-19,22-29,32,38-40H,4-13,15,20-21,30-31H2,1-3H3/t32-,38?,39?,40?/m1/s1. The van der Waals surface area contributed by atoms with Gasteiger partial charge in [-0.1, -0.05) is 121 Å². The number of hydrogen-bond donors (Lipinski definition) is 0. The third-order valence-electron chi connectivity index (χ3n) is 9.45. The van der Waals surface area contributed by atoms with E-state index in [0.717, 1.165) is 44.9 Å². The Labute approximate surface area is 299 Å². The lowest BCUT2D eigenvalue weighted by atomic mass is 9.74. The molecule has 0 amide bonds. The summed E-state index contributed by atoms with van der Waals surface area (Å²) >= 11 is 0. The van der Waals surface area contributed by atoms with Crippen LogP contribution < -0.4 is 9.47 Å². The van der Waals surface area contributed by atoms with Crippen LogP contribution in [0.15, 0.2) is 78.9 Å². The van der Waals surface area contributed by atoms with Crippen molar-refractivity contribution in [2.75, 3.05) is 6.61 Å². The van der Waals surface area contributed by atoms with Crippen molar-refractivity contribution in [3.63, 3.8) is 0 Å². The van der Waals surface area contributed by atoms with E-state index in [1.54, 1.807) is 48.5 Å². The van der Waals surface area contributed by atoms with Crippen molar-refractivity contribution in [2.45, 2.75) is 129 Å². The highest BCUT2D eigenvalue weighted by Gasteiger charge is 2.45. The molecule has 4 atom stereocenters. The molecule has 0 radical (unpaired) electrons. The van der Waals surface area contributed by atoms with Crippen molar-refractivity contribution in [3.05, 3.63) is 95.6 Å². The van der Waals surface area contributed by atoms with E-state index in [1.165, 1.54) is 38.5 Å². The van der Waals surface area contributed by atoms with Crippen LogP contribution in [0, 0.1) is 5.92 Å². The summed E-state index contributed by atoms with van der Waals surface area (Å²) in [5, 5.41) is 0. The van der Waals surface area contributed by atoms with Crippen molar-refractivity contribution in [1.29, 1.82) is 0 Å². The molecule has 0 aliphatic heterocycles. The van der Waals surface area contributed by atoms with E-state index >= 15 is 0 Å². The maximum atomic E-state index is 13.9. The van der Waals surface area contributed by atoms with Gasteiger partial charge in [0.15, 0.2) is 0 Å². The molecule has 4 rings (SSSR count). The summed E-state index contributed by atoms with van der Waals surface area (Å²) in [6.07, 6.45) is 13.9. The van der Waals surface area contributed by atoms with Crippen LogP contribution in [0.1, 0.15) is 144 Å². The molecule has 7 nitrogen and oxygen atoms in total. The van der Waals surface area contributed by atoms with Gasteiger partial charge < -0.3 is 18.9 Å². The molecule has 270 valence electrons. The van der Waals surface area contributed by atoms with Gasteiger partial charge in [-0.2, -0.15) is 0 Å². The van der Waals surface area contributed by atoms with Gasteiger partial charge in [0.2, 0.25) is 0 Å². The number of rotatable bonds is 21. The molecule has 0 bridgehead atoms. The van der Waals surface area contributed by atoms with E-state index in [0.29, 0.717) is 34.8 Å². The van der Waals surface area contributed by atoms with Gasteiger partial charge in [-0.05, 0) is 80.1 Å². The highest BCUT2D eigenvalue weighted by atomic mass is 16.6. The van der Waals surface area contributed by atoms with Gasteiger partial charge in [-0.25, -0.2) is 4.79 Å². The maximum absolute atomic E-state index is 13.9. The Morgan fingerprint density at radius 2 is 1.24 bits per heavy atom. The predicted octanol–water partition coefficient (Wildman–Crippen LogP) is 10.7. The van der Waals surface area contributed by atoms with Crippen LogP contribution in [0.5, 0.6) is 11.5 Å². The summed E-state index contributed by atoms with van der Waals surface area (Å²) in [4.78, 5) is 40.9. The van der Waals surface area contributed by atoms with Crippen molar-refractivity contribution < 1.29 is 33.3 Å². The number of carbonyl (C=O) groups excluding carboxylic acids is 3. The zero-order valence-electron chi connectivity index (χ0n) is 30.3. The van der Waals surface area contributed by atoms with E-state index in [-0.39, 0.29) is 18.5 Å². The molecule has 0 N–H and O–H groups in total. The first kappa shape index (κ1) is 38.7. The number of esters is 3. The number of benzene rings is 3. The third kappa shape index (κ3) is 12.0. The molecule has 0 saturated carbocycles. The lowest BCUT2D eigenvalue weighted by molar-refractivity contribution is -0.153. The Morgan fingerprint density at radius 3 is 1.92 bits per heavy atom. The van der Waals surface area contributed by atoms with Crippen LogP contribution in [0.25, 0.3) is 0 Å². The van der Waals surface area contributed by atoms with E-state index < -0.39 is 29.9 Å². The van der Waals surface area contributed by atoms with Crippen molar-refractivity contribution in [2.24, 2.45) is 5.92 Å². The Morgan fingerprint density at radius 1 is 0.660 bits per heavy atom. The Bertz CT molecular complexity index is 1450. The summed E-state index contributed by atoms with van der Waals surface area (Å²) in [6.45, 7) is 6.95. The van der Waals surface area contributed by atoms with Crippen molar-refractivity contribution in [1.82, 2.24) is 0 Å². The zero-order valence-corrected chi connectivity index (χ0v) is 30.3. The molecule has 0 saturated heterocycles. The molecule has 3 aromatic rings. The molecule has 0 heterocycles. The first-order chi connectivity index (χ1) is 24.4. The monoisotopic (exact) mass is 684 g/mol. The molecule has 1 aliphatic rings. The second-order valence-electron chi connectivity index (χ2n) is 13.5. The van der Waals surface area contributed by atoms with Gasteiger partial charge in [-0.3, -0.25) is 9.59 Å². The van der Waals surface area contributed by atoms with E-state index in [2.05, 4.69) is 13.8 Å². The molecule has 50 heavy (non-hydrogen) atoms. The van der Waals surface area contributed by atoms with Crippen molar-refractivity contribution in [3.8, 4) is 11.5 Å². The number of fused-ring (bicyclic) bond motifs is 1. The molecular formula is C43H56O7. The van der Waals surface area contributed by atoms with Crippen LogP contribution >= 0.6 is 0 Å². The molecule has 0 fully saturated rings. The van der Waals surface area contributed by atoms with Crippen LogP contribution in [-0.4, -0.2) is 30.6 Å². The first-order valence-corrected chi connectivity index (χ1v) is 18.9. The smallest absolute Gasteiger partial charge is 0.338 e. The van der Waals surface area contributed by atoms with Gasteiger partial charge in [0.25, 0.3) is 0 Å². The lowest BCUT2D eigenvalue weighted by Gasteiger charge is -2.35. The van der Waals surface area contributed by atoms with Crippen molar-refractivity contribution >= 4 is 17.9 Å². The fourth-order valence-electron chi connectivity index (χ4n) is 6.57. The minimum atomic E-state index is -0.948. The Hall–Kier alpha value is -4.13. The molecule has 3 unspecified atom stereocenters. The SMILES string of the molecule is CCCCCCCCCCOc1ccc(OC(=O)C2CC(C(=O)O[C@H](C)CCCCCC)c3ccccc3C2OC(=O)c2ccccc2)cc1. The average molecular weight is 685 g/mol. The largest absolute Gasteiger partial charge is 0.494 e. The van der Waals surface area contributed by atoms with Gasteiger partial charge in [0.05, 0.1) is 30.1 Å². The van der Waals surface area contributed by atoms with E-state index in [4.69, 9.17) is 18.9 Å². The summed E-state index contributed by atoms with van der Waals surface area (Å²) in [6, 6.07) is 23.0. The number of ether oxygens (including phenoxy) is 4. The number of carbonyl (C=O) groups is 3. The van der Waals surface area contributed by atoms with Gasteiger partial charge in [0, 0.05) is 0 Å². The van der Waals surface area contributed by atoms with Gasteiger partial charge >= 0.3 is 17.9 Å². The van der Waals surface area contributed by atoms with Gasteiger partial charge in [-0.15, -0.1) is 0 Å². The third-order valence-corrected chi connectivity index (χ3v) is 9.45. The second-order valence-corrected chi connectivity index (χ2v) is 13.5. The zero-order chi connectivity index (χ0) is 35.6. The average Bonchev–Trinajstić information content (AvgIpc) is 3.13. The summed E-state index contributed by atoms with van der Waals surface area (Å²) in [7, 11) is 0.